The van der Waals surface area contributed by atoms with E-state index < -0.39 is 6.04 Å². The Morgan fingerprint density at radius 1 is 1.07 bits per heavy atom. The van der Waals surface area contributed by atoms with Gasteiger partial charge in [0.15, 0.2) is 0 Å². The van der Waals surface area contributed by atoms with Gasteiger partial charge in [-0.3, -0.25) is 9.59 Å². The predicted molar refractivity (Wildman–Crippen MR) is 122 cm³/mol. The van der Waals surface area contributed by atoms with E-state index in [9.17, 15) is 9.59 Å². The average Bonchev–Trinajstić information content (AvgIpc) is 2.69. The molecule has 1 unspecified atom stereocenters. The van der Waals surface area contributed by atoms with Gasteiger partial charge in [0.1, 0.15) is 6.04 Å². The van der Waals surface area contributed by atoms with Gasteiger partial charge in [-0.05, 0) is 44.5 Å². The topological polar surface area (TPSA) is 49.4 Å². The van der Waals surface area contributed by atoms with Gasteiger partial charge in [0.2, 0.25) is 11.8 Å². The molecule has 0 fully saturated rings. The molecule has 0 saturated carbocycles. The molecule has 0 saturated heterocycles. The zero-order valence-electron chi connectivity index (χ0n) is 16.9. The predicted octanol–water partition coefficient (Wildman–Crippen LogP) is 5.34. The summed E-state index contributed by atoms with van der Waals surface area (Å²) in [6.45, 7) is 6.45. The van der Waals surface area contributed by atoms with Crippen molar-refractivity contribution in [1.82, 2.24) is 10.2 Å². The van der Waals surface area contributed by atoms with Crippen molar-refractivity contribution in [3.05, 3.63) is 63.6 Å². The molecule has 29 heavy (non-hydrogen) atoms. The van der Waals surface area contributed by atoms with Crippen LogP contribution in [0.5, 0.6) is 0 Å². The molecule has 1 atom stereocenters. The molecule has 2 aromatic rings. The van der Waals surface area contributed by atoms with E-state index in [2.05, 4.69) is 5.32 Å². The molecule has 156 valence electrons. The fourth-order valence-corrected chi connectivity index (χ4v) is 4.23. The van der Waals surface area contributed by atoms with Gasteiger partial charge in [0.25, 0.3) is 0 Å². The molecule has 1 N–H and O–H groups in total. The normalized spacial score (nSPS) is 11.8. The Morgan fingerprint density at radius 3 is 2.24 bits per heavy atom. The number of carbonyl (C=O) groups is 2. The highest BCUT2D eigenvalue weighted by Crippen LogP contribution is 2.28. The van der Waals surface area contributed by atoms with Crippen LogP contribution in [0.1, 0.15) is 31.4 Å². The monoisotopic (exact) mass is 452 g/mol. The van der Waals surface area contributed by atoms with Gasteiger partial charge in [-0.2, -0.15) is 0 Å². The first-order chi connectivity index (χ1) is 13.9. The van der Waals surface area contributed by atoms with E-state index in [-0.39, 0.29) is 24.1 Å². The second kappa shape index (κ2) is 11.5. The van der Waals surface area contributed by atoms with Crippen molar-refractivity contribution in [1.29, 1.82) is 0 Å². The van der Waals surface area contributed by atoms with E-state index in [0.717, 1.165) is 10.5 Å². The van der Waals surface area contributed by atoms with Crippen LogP contribution < -0.4 is 5.32 Å². The standard InChI is InChI=1S/C22H26Cl2N2O2S/c1-4-20(22(28)25-5-2)26(13-17-18(23)7-6-8-19(17)24)21(27)14-29-16-11-9-15(3)10-12-16/h6-12,20H,4-5,13-14H2,1-3H3,(H,25,28). The van der Waals surface area contributed by atoms with Crippen LogP contribution in [0.2, 0.25) is 10.0 Å². The number of hydrogen-bond donors (Lipinski definition) is 1. The van der Waals surface area contributed by atoms with Crippen LogP contribution in [-0.2, 0) is 16.1 Å². The highest BCUT2D eigenvalue weighted by atomic mass is 35.5. The molecule has 0 heterocycles. The number of hydrogen-bond acceptors (Lipinski definition) is 3. The molecular formula is C22H26Cl2N2O2S. The lowest BCUT2D eigenvalue weighted by Gasteiger charge is -2.31. The zero-order chi connectivity index (χ0) is 21.4. The lowest BCUT2D eigenvalue weighted by atomic mass is 10.1. The van der Waals surface area contributed by atoms with Crippen LogP contribution in [0.4, 0.5) is 0 Å². The van der Waals surface area contributed by atoms with Crippen LogP contribution in [0.3, 0.4) is 0 Å². The molecule has 0 aliphatic rings. The lowest BCUT2D eigenvalue weighted by molar-refractivity contribution is -0.139. The van der Waals surface area contributed by atoms with Gasteiger partial charge in [0, 0.05) is 33.6 Å². The molecular weight excluding hydrogens is 427 g/mol. The molecule has 4 nitrogen and oxygen atoms in total. The number of carbonyl (C=O) groups excluding carboxylic acids is 2. The van der Waals surface area contributed by atoms with Crippen molar-refractivity contribution in [3.8, 4) is 0 Å². The minimum absolute atomic E-state index is 0.135. The van der Waals surface area contributed by atoms with E-state index in [4.69, 9.17) is 23.2 Å². The van der Waals surface area contributed by atoms with E-state index >= 15 is 0 Å². The summed E-state index contributed by atoms with van der Waals surface area (Å²) >= 11 is 14.1. The maximum absolute atomic E-state index is 13.2. The van der Waals surface area contributed by atoms with Crippen molar-refractivity contribution >= 4 is 46.8 Å². The first kappa shape index (κ1) is 23.6. The Bertz CT molecular complexity index is 823. The SMILES string of the molecule is CCNC(=O)C(CC)N(Cc1c(Cl)cccc1Cl)C(=O)CSc1ccc(C)cc1. The van der Waals surface area contributed by atoms with Gasteiger partial charge >= 0.3 is 0 Å². The van der Waals surface area contributed by atoms with Crippen LogP contribution in [0.15, 0.2) is 47.4 Å². The molecule has 0 spiro atoms. The maximum atomic E-state index is 13.2. The molecule has 7 heteroatoms. The molecule has 2 amide bonds. The fourth-order valence-electron chi connectivity index (χ4n) is 2.93. The third kappa shape index (κ3) is 6.66. The summed E-state index contributed by atoms with van der Waals surface area (Å²) < 4.78 is 0. The van der Waals surface area contributed by atoms with Crippen LogP contribution in [0, 0.1) is 6.92 Å². The van der Waals surface area contributed by atoms with Gasteiger partial charge in [-0.15, -0.1) is 11.8 Å². The highest BCUT2D eigenvalue weighted by molar-refractivity contribution is 8.00. The summed E-state index contributed by atoms with van der Waals surface area (Å²) in [6, 6.07) is 12.6. The van der Waals surface area contributed by atoms with E-state index in [1.165, 1.54) is 11.8 Å². The number of likely N-dealkylation sites (N-methyl/N-ethyl adjacent to an activating group) is 1. The largest absolute Gasteiger partial charge is 0.355 e. The van der Waals surface area contributed by atoms with Crippen molar-refractivity contribution in [2.45, 2.75) is 44.7 Å². The van der Waals surface area contributed by atoms with Gasteiger partial charge in [-0.25, -0.2) is 0 Å². The first-order valence-electron chi connectivity index (χ1n) is 9.56. The van der Waals surface area contributed by atoms with Crippen molar-refractivity contribution in [2.75, 3.05) is 12.3 Å². The van der Waals surface area contributed by atoms with Crippen LogP contribution in [-0.4, -0.2) is 35.1 Å². The number of nitrogens with one attached hydrogen (secondary N) is 1. The summed E-state index contributed by atoms with van der Waals surface area (Å²) in [5.74, 6) is -0.0855. The van der Waals surface area contributed by atoms with Crippen molar-refractivity contribution in [3.63, 3.8) is 0 Å². The Balaban J connectivity index is 2.25. The quantitative estimate of drug-likeness (QED) is 0.522. The molecule has 2 aromatic carbocycles. The Labute approximate surface area is 187 Å². The maximum Gasteiger partial charge on any atom is 0.242 e. The van der Waals surface area contributed by atoms with Crippen molar-refractivity contribution in [2.24, 2.45) is 0 Å². The number of thioether (sulfide) groups is 1. The summed E-state index contributed by atoms with van der Waals surface area (Å²) in [5, 5.41) is 3.78. The average molecular weight is 453 g/mol. The molecule has 0 bridgehead atoms. The van der Waals surface area contributed by atoms with E-state index in [1.807, 2.05) is 45.0 Å². The molecule has 0 aliphatic carbocycles. The van der Waals surface area contributed by atoms with Crippen LogP contribution in [0.25, 0.3) is 0 Å². The minimum Gasteiger partial charge on any atom is -0.355 e. The first-order valence-corrected chi connectivity index (χ1v) is 11.3. The Kier molecular flexibility index (Phi) is 9.34. The number of aryl methyl sites for hydroxylation is 1. The Hall–Kier alpha value is -1.69. The van der Waals surface area contributed by atoms with E-state index in [0.29, 0.717) is 28.6 Å². The third-order valence-electron chi connectivity index (χ3n) is 4.51. The van der Waals surface area contributed by atoms with Gasteiger partial charge in [0.05, 0.1) is 5.75 Å². The van der Waals surface area contributed by atoms with Gasteiger partial charge in [-0.1, -0.05) is 53.9 Å². The third-order valence-corrected chi connectivity index (χ3v) is 6.22. The molecule has 0 radical (unpaired) electrons. The lowest BCUT2D eigenvalue weighted by Crippen LogP contribution is -2.49. The van der Waals surface area contributed by atoms with E-state index in [1.54, 1.807) is 23.1 Å². The molecule has 2 rings (SSSR count). The highest BCUT2D eigenvalue weighted by Gasteiger charge is 2.29. The summed E-state index contributed by atoms with van der Waals surface area (Å²) in [6.07, 6.45) is 0.495. The van der Waals surface area contributed by atoms with Gasteiger partial charge < -0.3 is 10.2 Å². The number of amides is 2. The van der Waals surface area contributed by atoms with Crippen molar-refractivity contribution < 1.29 is 9.59 Å². The number of rotatable bonds is 9. The number of nitrogens with zero attached hydrogens (tertiary/aromatic N) is 1. The minimum atomic E-state index is -0.589. The second-order valence-electron chi connectivity index (χ2n) is 6.64. The zero-order valence-corrected chi connectivity index (χ0v) is 19.2. The number of halogens is 2. The summed E-state index contributed by atoms with van der Waals surface area (Å²) in [5.41, 5.74) is 1.81. The van der Waals surface area contributed by atoms with Crippen LogP contribution >= 0.6 is 35.0 Å². The number of benzene rings is 2. The smallest absolute Gasteiger partial charge is 0.242 e. The summed E-state index contributed by atoms with van der Waals surface area (Å²) in [4.78, 5) is 28.4. The summed E-state index contributed by atoms with van der Waals surface area (Å²) in [7, 11) is 0. The Morgan fingerprint density at radius 2 is 1.69 bits per heavy atom. The fraction of sp³-hybridized carbons (Fsp3) is 0.364. The molecule has 0 aromatic heterocycles. The second-order valence-corrected chi connectivity index (χ2v) is 8.51. The molecule has 0 aliphatic heterocycles.